The van der Waals surface area contributed by atoms with Crippen molar-refractivity contribution < 1.29 is 9.53 Å². The maximum absolute atomic E-state index is 13.0. The first kappa shape index (κ1) is 15.8. The zero-order valence-electron chi connectivity index (χ0n) is 13.1. The Balaban J connectivity index is 2.01. The van der Waals surface area contributed by atoms with Crippen LogP contribution in [-0.2, 0) is 9.53 Å². The van der Waals surface area contributed by atoms with Gasteiger partial charge in [-0.15, -0.1) is 0 Å². The van der Waals surface area contributed by atoms with Crippen LogP contribution in [0.4, 0.5) is 0 Å². The third kappa shape index (κ3) is 3.34. The molecule has 2 aliphatic rings. The van der Waals surface area contributed by atoms with Crippen molar-refractivity contribution in [3.8, 4) is 0 Å². The molecule has 0 bridgehead atoms. The maximum atomic E-state index is 13.0. The van der Waals surface area contributed by atoms with Crippen LogP contribution in [-0.4, -0.2) is 43.7 Å². The van der Waals surface area contributed by atoms with E-state index in [1.807, 2.05) is 4.90 Å². The van der Waals surface area contributed by atoms with Gasteiger partial charge in [-0.25, -0.2) is 0 Å². The van der Waals surface area contributed by atoms with Gasteiger partial charge in [-0.2, -0.15) is 0 Å². The van der Waals surface area contributed by atoms with E-state index >= 15 is 0 Å². The van der Waals surface area contributed by atoms with Crippen LogP contribution in [0.5, 0.6) is 0 Å². The quantitative estimate of drug-likeness (QED) is 0.839. The summed E-state index contributed by atoms with van der Waals surface area (Å²) in [5.41, 5.74) is 5.72. The predicted molar refractivity (Wildman–Crippen MR) is 80.3 cm³/mol. The summed E-state index contributed by atoms with van der Waals surface area (Å²) in [7, 11) is 0. The van der Waals surface area contributed by atoms with Gasteiger partial charge < -0.3 is 15.4 Å². The van der Waals surface area contributed by atoms with Crippen LogP contribution in [0.3, 0.4) is 0 Å². The van der Waals surface area contributed by atoms with E-state index in [0.717, 1.165) is 64.3 Å². The van der Waals surface area contributed by atoms with Gasteiger partial charge in [0.1, 0.15) is 0 Å². The minimum absolute atomic E-state index is 0.290. The first-order valence-corrected chi connectivity index (χ1v) is 8.18. The van der Waals surface area contributed by atoms with Crippen LogP contribution in [0.1, 0.15) is 46.0 Å². The Morgan fingerprint density at radius 2 is 2.05 bits per heavy atom. The van der Waals surface area contributed by atoms with Crippen molar-refractivity contribution in [1.29, 1.82) is 0 Å². The van der Waals surface area contributed by atoms with E-state index < -0.39 is 0 Å². The van der Waals surface area contributed by atoms with E-state index in [4.69, 9.17) is 10.5 Å². The molecule has 1 heterocycles. The van der Waals surface area contributed by atoms with E-state index in [-0.39, 0.29) is 5.41 Å². The van der Waals surface area contributed by atoms with Crippen LogP contribution < -0.4 is 5.73 Å². The summed E-state index contributed by atoms with van der Waals surface area (Å²) in [5.74, 6) is 1.54. The molecule has 0 aromatic heterocycles. The molecule has 4 nitrogen and oxygen atoms in total. The van der Waals surface area contributed by atoms with Crippen molar-refractivity contribution in [2.24, 2.45) is 23.0 Å². The average Bonchev–Trinajstić information content (AvgIpc) is 2.98. The number of nitrogens with zero attached hydrogens (tertiary/aromatic N) is 1. The predicted octanol–water partition coefficient (Wildman–Crippen LogP) is 2.03. The Kier molecular flexibility index (Phi) is 5.44. The highest BCUT2D eigenvalue weighted by molar-refractivity contribution is 5.83. The van der Waals surface area contributed by atoms with Gasteiger partial charge in [-0.05, 0) is 44.9 Å². The molecule has 116 valence electrons. The van der Waals surface area contributed by atoms with Crippen LogP contribution >= 0.6 is 0 Å². The highest BCUT2D eigenvalue weighted by Gasteiger charge is 2.42. The maximum Gasteiger partial charge on any atom is 0.230 e. The van der Waals surface area contributed by atoms with E-state index in [0.29, 0.717) is 18.4 Å². The first-order valence-electron chi connectivity index (χ1n) is 8.18. The minimum Gasteiger partial charge on any atom is -0.381 e. The second kappa shape index (κ2) is 6.90. The molecule has 20 heavy (non-hydrogen) atoms. The second-order valence-corrected chi connectivity index (χ2v) is 6.74. The number of carbonyl (C=O) groups excluding carboxylic acids is 1. The number of hydrogen-bond donors (Lipinski definition) is 1. The Morgan fingerprint density at radius 3 is 2.55 bits per heavy atom. The van der Waals surface area contributed by atoms with Crippen LogP contribution in [0.15, 0.2) is 0 Å². The molecule has 1 atom stereocenters. The smallest absolute Gasteiger partial charge is 0.230 e. The van der Waals surface area contributed by atoms with Gasteiger partial charge in [0.2, 0.25) is 5.91 Å². The van der Waals surface area contributed by atoms with Crippen LogP contribution in [0.2, 0.25) is 0 Å². The van der Waals surface area contributed by atoms with Crippen LogP contribution in [0, 0.1) is 17.3 Å². The molecule has 0 radical (unpaired) electrons. The standard InChI is InChI=1S/C16H30N2O2/c1-3-18(10-14-6-9-20-11-14)15(19)16(12-17)7-4-13(2)5-8-16/h13-14H,3-12,17H2,1-2H3. The molecule has 1 aliphatic heterocycles. The monoisotopic (exact) mass is 282 g/mol. The van der Waals surface area contributed by atoms with Gasteiger partial charge in [0.25, 0.3) is 0 Å². The number of carbonyl (C=O) groups is 1. The fourth-order valence-electron chi connectivity index (χ4n) is 3.55. The van der Waals surface area contributed by atoms with E-state index in [9.17, 15) is 4.79 Å². The molecule has 2 fully saturated rings. The SMILES string of the molecule is CCN(CC1CCOC1)C(=O)C1(CN)CCC(C)CC1. The molecular weight excluding hydrogens is 252 g/mol. The fourth-order valence-corrected chi connectivity index (χ4v) is 3.55. The van der Waals surface area contributed by atoms with Gasteiger partial charge in [-0.1, -0.05) is 6.92 Å². The number of amides is 1. The zero-order valence-corrected chi connectivity index (χ0v) is 13.1. The lowest BCUT2D eigenvalue weighted by Crippen LogP contribution is -2.50. The topological polar surface area (TPSA) is 55.6 Å². The van der Waals surface area contributed by atoms with Gasteiger partial charge in [-0.3, -0.25) is 4.79 Å². The molecule has 2 rings (SSSR count). The summed E-state index contributed by atoms with van der Waals surface area (Å²) < 4.78 is 5.43. The number of ether oxygens (including phenoxy) is 1. The van der Waals surface area contributed by atoms with Crippen molar-refractivity contribution >= 4 is 5.91 Å². The molecule has 0 spiro atoms. The summed E-state index contributed by atoms with van der Waals surface area (Å²) in [6.07, 6.45) is 5.26. The molecule has 1 unspecified atom stereocenters. The van der Waals surface area contributed by atoms with E-state index in [1.165, 1.54) is 0 Å². The van der Waals surface area contributed by atoms with Gasteiger partial charge >= 0.3 is 0 Å². The Labute approximate surface area is 123 Å². The molecular formula is C16H30N2O2. The molecule has 1 saturated carbocycles. The van der Waals surface area contributed by atoms with Gasteiger partial charge in [0, 0.05) is 32.2 Å². The first-order chi connectivity index (χ1) is 9.61. The van der Waals surface area contributed by atoms with Crippen LogP contribution in [0.25, 0.3) is 0 Å². The molecule has 0 aromatic carbocycles. The summed E-state index contributed by atoms with van der Waals surface area (Å²) in [6, 6.07) is 0. The number of nitrogens with two attached hydrogens (primary N) is 1. The lowest BCUT2D eigenvalue weighted by atomic mass is 9.70. The second-order valence-electron chi connectivity index (χ2n) is 6.74. The zero-order chi connectivity index (χ0) is 14.6. The third-order valence-corrected chi connectivity index (χ3v) is 5.25. The Hall–Kier alpha value is -0.610. The lowest BCUT2D eigenvalue weighted by molar-refractivity contribution is -0.144. The summed E-state index contributed by atoms with van der Waals surface area (Å²) in [5, 5.41) is 0. The molecule has 1 amide bonds. The molecule has 2 N–H and O–H groups in total. The van der Waals surface area contributed by atoms with Gasteiger partial charge in [0.15, 0.2) is 0 Å². The third-order valence-electron chi connectivity index (χ3n) is 5.25. The van der Waals surface area contributed by atoms with Crippen molar-refractivity contribution in [3.05, 3.63) is 0 Å². The highest BCUT2D eigenvalue weighted by atomic mass is 16.5. The number of hydrogen-bond acceptors (Lipinski definition) is 3. The molecule has 4 heteroatoms. The van der Waals surface area contributed by atoms with E-state index in [2.05, 4.69) is 13.8 Å². The average molecular weight is 282 g/mol. The largest absolute Gasteiger partial charge is 0.381 e. The van der Waals surface area contributed by atoms with Crippen molar-refractivity contribution in [2.45, 2.75) is 46.0 Å². The molecule has 0 aromatic rings. The fraction of sp³-hybridized carbons (Fsp3) is 0.938. The summed E-state index contributed by atoms with van der Waals surface area (Å²) in [6.45, 7) is 8.11. The van der Waals surface area contributed by atoms with Crippen molar-refractivity contribution in [3.63, 3.8) is 0 Å². The minimum atomic E-state index is -0.290. The van der Waals surface area contributed by atoms with Crippen molar-refractivity contribution in [1.82, 2.24) is 4.90 Å². The lowest BCUT2D eigenvalue weighted by Gasteiger charge is -2.41. The Morgan fingerprint density at radius 1 is 1.35 bits per heavy atom. The van der Waals surface area contributed by atoms with E-state index in [1.54, 1.807) is 0 Å². The number of rotatable bonds is 5. The molecule has 1 aliphatic carbocycles. The summed E-state index contributed by atoms with van der Waals surface area (Å²) in [4.78, 5) is 15.0. The van der Waals surface area contributed by atoms with Gasteiger partial charge in [0.05, 0.1) is 12.0 Å². The molecule has 1 saturated heterocycles. The highest BCUT2D eigenvalue weighted by Crippen LogP contribution is 2.39. The Bertz CT molecular complexity index is 318. The van der Waals surface area contributed by atoms with Crippen molar-refractivity contribution in [2.75, 3.05) is 32.8 Å². The summed E-state index contributed by atoms with van der Waals surface area (Å²) >= 11 is 0. The normalized spacial score (nSPS) is 34.1.